The Morgan fingerprint density at radius 3 is 2.62 bits per heavy atom. The molecule has 2 amide bonds. The number of nitrogens with zero attached hydrogens (tertiary/aromatic N) is 2. The summed E-state index contributed by atoms with van der Waals surface area (Å²) < 4.78 is 17.0. The number of benzene rings is 2. The van der Waals surface area contributed by atoms with Crippen LogP contribution in [0.5, 0.6) is 17.2 Å². The van der Waals surface area contributed by atoms with Gasteiger partial charge in [-0.2, -0.15) is 5.26 Å². The highest BCUT2D eigenvalue weighted by Crippen LogP contribution is 2.39. The molecular formula is C25H26N6O5S. The first-order valence-electron chi connectivity index (χ1n) is 11.2. The Labute approximate surface area is 217 Å². The molecule has 0 bridgehead atoms. The summed E-state index contributed by atoms with van der Waals surface area (Å²) in [4.78, 5) is 25.5. The highest BCUT2D eigenvalue weighted by molar-refractivity contribution is 7.17. The molecule has 1 aliphatic rings. The maximum absolute atomic E-state index is 12.7. The number of carbonyl (C=O) groups excluding carboxylic acids is 2. The third kappa shape index (κ3) is 5.53. The normalized spacial score (nSPS) is 13.2. The van der Waals surface area contributed by atoms with Crippen molar-refractivity contribution >= 4 is 33.2 Å². The van der Waals surface area contributed by atoms with Crippen molar-refractivity contribution in [3.05, 3.63) is 64.8 Å². The van der Waals surface area contributed by atoms with E-state index in [0.29, 0.717) is 29.2 Å². The summed E-state index contributed by atoms with van der Waals surface area (Å²) in [6.07, 6.45) is 1.56. The number of carbonyl (C=O) groups is 2. The molecule has 0 radical (unpaired) electrons. The van der Waals surface area contributed by atoms with Crippen LogP contribution in [0.3, 0.4) is 0 Å². The minimum atomic E-state index is -0.800. The number of hydrogen-bond donors (Lipinski definition) is 4. The molecule has 4 N–H and O–H groups in total. The first-order valence-corrected chi connectivity index (χ1v) is 12.1. The van der Waals surface area contributed by atoms with Crippen LogP contribution >= 0.6 is 11.3 Å². The molecule has 1 aliphatic heterocycles. The molecule has 1 unspecified atom stereocenters. The van der Waals surface area contributed by atoms with Crippen LogP contribution in [0, 0.1) is 11.3 Å². The van der Waals surface area contributed by atoms with Crippen LogP contribution in [0.15, 0.2) is 53.7 Å². The third-order valence-corrected chi connectivity index (χ3v) is 6.55. The molecule has 2 heterocycles. The van der Waals surface area contributed by atoms with Crippen LogP contribution in [0.2, 0.25) is 0 Å². The van der Waals surface area contributed by atoms with Crippen LogP contribution in [0.4, 0.5) is 0 Å². The molecule has 1 atom stereocenters. The number of rotatable bonds is 10. The van der Waals surface area contributed by atoms with E-state index in [1.807, 2.05) is 29.6 Å². The van der Waals surface area contributed by atoms with Crippen LogP contribution in [0.1, 0.15) is 22.0 Å². The fourth-order valence-corrected chi connectivity index (χ4v) is 4.64. The highest BCUT2D eigenvalue weighted by atomic mass is 32.1. The van der Waals surface area contributed by atoms with E-state index >= 15 is 0 Å². The molecule has 192 valence electrons. The fourth-order valence-electron chi connectivity index (χ4n) is 3.80. The van der Waals surface area contributed by atoms with Gasteiger partial charge < -0.3 is 24.8 Å². The zero-order chi connectivity index (χ0) is 26.4. The molecule has 0 fully saturated rings. The smallest absolute Gasteiger partial charge is 0.271 e. The Hall–Kier alpha value is -4.47. The topological polar surface area (TPSA) is 137 Å². The van der Waals surface area contributed by atoms with Crippen molar-refractivity contribution in [2.45, 2.75) is 6.04 Å². The van der Waals surface area contributed by atoms with E-state index < -0.39 is 11.9 Å². The predicted molar refractivity (Wildman–Crippen MR) is 138 cm³/mol. The standard InChI is InChI=1S/C25H26N6O5S/c1-34-20-7-6-17(22(35-2)23(20)36-3)24(32)27-9-10-31-14-19(29-30-31)25(33)28-18(13-26)16-5-4-15-8-11-37-21(15)12-16/h4-8,11-12,14,18,29-30H,9-10H2,1-3H3,(H,27,32)(H,28,33). The third-order valence-electron chi connectivity index (χ3n) is 5.67. The monoisotopic (exact) mass is 522 g/mol. The molecule has 0 aliphatic carbocycles. The van der Waals surface area contributed by atoms with Crippen molar-refractivity contribution < 1.29 is 23.8 Å². The summed E-state index contributed by atoms with van der Waals surface area (Å²) >= 11 is 1.58. The Morgan fingerprint density at radius 1 is 1.08 bits per heavy atom. The number of hydrogen-bond acceptors (Lipinski definition) is 10. The fraction of sp³-hybridized carbons (Fsp3) is 0.240. The average molecular weight is 523 g/mol. The van der Waals surface area contributed by atoms with E-state index in [2.05, 4.69) is 27.7 Å². The molecule has 11 nitrogen and oxygen atoms in total. The van der Waals surface area contributed by atoms with E-state index in [-0.39, 0.29) is 23.9 Å². The number of hydrazine groups is 2. The van der Waals surface area contributed by atoms with E-state index in [4.69, 9.17) is 14.2 Å². The Bertz CT molecular complexity index is 1380. The zero-order valence-electron chi connectivity index (χ0n) is 20.5. The van der Waals surface area contributed by atoms with Gasteiger partial charge in [0.2, 0.25) is 5.75 Å². The van der Waals surface area contributed by atoms with E-state index in [1.54, 1.807) is 34.7 Å². The number of thiophene rings is 1. The van der Waals surface area contributed by atoms with Gasteiger partial charge in [-0.1, -0.05) is 12.1 Å². The van der Waals surface area contributed by atoms with Crippen molar-refractivity contribution in [3.63, 3.8) is 0 Å². The van der Waals surface area contributed by atoms with Crippen LogP contribution in [-0.2, 0) is 4.79 Å². The SMILES string of the molecule is COc1ccc(C(=O)NCCN2C=C(C(=O)NC(C#N)c3ccc4ccsc4c3)NN2)c(OC)c1OC. The number of amides is 2. The number of nitrogens with one attached hydrogen (secondary N) is 4. The lowest BCUT2D eigenvalue weighted by atomic mass is 10.1. The molecule has 12 heteroatoms. The summed E-state index contributed by atoms with van der Waals surface area (Å²) in [5, 5.41) is 19.8. The van der Waals surface area contributed by atoms with E-state index in [0.717, 1.165) is 10.1 Å². The van der Waals surface area contributed by atoms with Gasteiger partial charge in [0, 0.05) is 17.4 Å². The molecule has 2 aromatic carbocycles. The van der Waals surface area contributed by atoms with Gasteiger partial charge in [0.05, 0.1) is 39.5 Å². The minimum Gasteiger partial charge on any atom is -0.493 e. The summed E-state index contributed by atoms with van der Waals surface area (Å²) in [7, 11) is 4.42. The Balaban J connectivity index is 1.33. The summed E-state index contributed by atoms with van der Waals surface area (Å²) in [6.45, 7) is 0.611. The number of methoxy groups -OCH3 is 3. The van der Waals surface area contributed by atoms with Gasteiger partial charge in [0.25, 0.3) is 11.8 Å². The zero-order valence-corrected chi connectivity index (χ0v) is 21.3. The van der Waals surface area contributed by atoms with Gasteiger partial charge >= 0.3 is 0 Å². The van der Waals surface area contributed by atoms with E-state index in [9.17, 15) is 14.9 Å². The second-order valence-corrected chi connectivity index (χ2v) is 8.81. The second kappa shape index (κ2) is 11.5. The Kier molecular flexibility index (Phi) is 7.97. The van der Waals surface area contributed by atoms with Gasteiger partial charge in [-0.25, -0.2) is 0 Å². The van der Waals surface area contributed by atoms with Crippen molar-refractivity contribution in [1.29, 1.82) is 5.26 Å². The highest BCUT2D eigenvalue weighted by Gasteiger charge is 2.23. The molecule has 0 saturated heterocycles. The second-order valence-electron chi connectivity index (χ2n) is 7.86. The number of ether oxygens (including phenoxy) is 3. The number of nitriles is 1. The van der Waals surface area contributed by atoms with Gasteiger partial charge in [-0.3, -0.25) is 20.0 Å². The maximum Gasteiger partial charge on any atom is 0.271 e. The molecule has 3 aromatic rings. The largest absolute Gasteiger partial charge is 0.493 e. The molecule has 1 aromatic heterocycles. The molecule has 0 spiro atoms. The van der Waals surface area contributed by atoms with Gasteiger partial charge in [0.1, 0.15) is 11.7 Å². The van der Waals surface area contributed by atoms with Gasteiger partial charge in [0.15, 0.2) is 11.5 Å². The first kappa shape index (κ1) is 25.6. The van der Waals surface area contributed by atoms with Crippen molar-refractivity contribution in [1.82, 2.24) is 26.6 Å². The molecule has 37 heavy (non-hydrogen) atoms. The lowest BCUT2D eigenvalue weighted by molar-refractivity contribution is -0.118. The average Bonchev–Trinajstić information content (AvgIpc) is 3.59. The van der Waals surface area contributed by atoms with Gasteiger partial charge in [-0.15, -0.1) is 16.9 Å². The number of fused-ring (bicyclic) bond motifs is 1. The molecule has 4 rings (SSSR count). The van der Waals surface area contributed by atoms with Gasteiger partial charge in [-0.05, 0) is 40.6 Å². The lowest BCUT2D eigenvalue weighted by Gasteiger charge is -2.17. The Morgan fingerprint density at radius 2 is 1.89 bits per heavy atom. The minimum absolute atomic E-state index is 0.241. The van der Waals surface area contributed by atoms with Crippen molar-refractivity contribution in [3.8, 4) is 23.3 Å². The van der Waals surface area contributed by atoms with Crippen LogP contribution in [0.25, 0.3) is 10.1 Å². The van der Waals surface area contributed by atoms with Crippen LogP contribution in [-0.4, -0.2) is 51.2 Å². The van der Waals surface area contributed by atoms with Crippen LogP contribution < -0.4 is 35.8 Å². The van der Waals surface area contributed by atoms with Crippen molar-refractivity contribution in [2.75, 3.05) is 34.4 Å². The lowest BCUT2D eigenvalue weighted by Crippen LogP contribution is -2.42. The van der Waals surface area contributed by atoms with E-state index in [1.165, 1.54) is 21.3 Å². The summed E-state index contributed by atoms with van der Waals surface area (Å²) in [5.41, 5.74) is 6.88. The summed E-state index contributed by atoms with van der Waals surface area (Å²) in [5.74, 6) is 0.250. The first-order chi connectivity index (χ1) is 18.0. The predicted octanol–water partition coefficient (Wildman–Crippen LogP) is 2.20. The maximum atomic E-state index is 12.7. The quantitative estimate of drug-likeness (QED) is 0.316. The molecule has 0 saturated carbocycles. The summed E-state index contributed by atoms with van der Waals surface area (Å²) in [6, 6.07) is 12.2. The van der Waals surface area contributed by atoms with Crippen molar-refractivity contribution in [2.24, 2.45) is 0 Å². The molecular weight excluding hydrogens is 496 g/mol.